The Bertz CT molecular complexity index is 1600. The molecule has 0 saturated carbocycles. The van der Waals surface area contributed by atoms with Crippen LogP contribution in [0, 0.1) is 31.0 Å². The third kappa shape index (κ3) is 4.22. The molecule has 2 aromatic heterocycles. The van der Waals surface area contributed by atoms with Crippen molar-refractivity contribution in [1.29, 1.82) is 5.26 Å². The van der Waals surface area contributed by atoms with Crippen LogP contribution in [0.4, 0.5) is 17.6 Å². The molecule has 10 heteroatoms. The van der Waals surface area contributed by atoms with Crippen molar-refractivity contribution in [2.45, 2.75) is 33.1 Å². The van der Waals surface area contributed by atoms with Crippen LogP contribution in [0.15, 0.2) is 54.7 Å². The second-order valence-corrected chi connectivity index (χ2v) is 8.76. The molecule has 1 aliphatic rings. The van der Waals surface area contributed by atoms with E-state index < -0.39 is 23.1 Å². The predicted octanol–water partition coefficient (Wildman–Crippen LogP) is 5.74. The average Bonchev–Trinajstić information content (AvgIpc) is 3.34. The molecule has 5 rings (SSSR count). The largest absolute Gasteiger partial charge is 0.417 e. The smallest absolute Gasteiger partial charge is 0.328 e. The maximum Gasteiger partial charge on any atom is 0.417 e. The van der Waals surface area contributed by atoms with Crippen LogP contribution >= 0.6 is 0 Å². The molecule has 0 unspecified atom stereocenters. The van der Waals surface area contributed by atoms with E-state index in [0.717, 1.165) is 12.1 Å². The zero-order chi connectivity index (χ0) is 26.5. The number of fused-ring (bicyclic) bond motifs is 1. The standard InChI is InChI=1S/C27H19F4N5O/c1-15-25(16(2)36(34-15)20-8-7-18(12-32)22(11-20)27(29,30)31)17-5-6-19(23(28)10-17)13-35-14-24-21(26(35)37)4-3-9-33-24/h3-11H,13-14H2,1-2H3. The molecule has 4 aromatic rings. The lowest BCUT2D eigenvalue weighted by molar-refractivity contribution is -0.137. The molecule has 3 heterocycles. The second kappa shape index (κ2) is 8.85. The number of aryl methyl sites for hydroxylation is 1. The summed E-state index contributed by atoms with van der Waals surface area (Å²) in [5, 5.41) is 13.4. The minimum absolute atomic E-state index is 0.0734. The van der Waals surface area contributed by atoms with Crippen LogP contribution in [-0.4, -0.2) is 25.6 Å². The lowest BCUT2D eigenvalue weighted by Crippen LogP contribution is -2.23. The van der Waals surface area contributed by atoms with Crippen LogP contribution in [0.1, 0.15) is 44.1 Å². The summed E-state index contributed by atoms with van der Waals surface area (Å²) in [6.45, 7) is 3.74. The molecule has 0 aliphatic carbocycles. The first-order valence-corrected chi connectivity index (χ1v) is 11.3. The number of rotatable bonds is 4. The summed E-state index contributed by atoms with van der Waals surface area (Å²) in [4.78, 5) is 18.3. The number of pyridine rings is 1. The maximum atomic E-state index is 15.2. The van der Waals surface area contributed by atoms with Gasteiger partial charge in [0.15, 0.2) is 0 Å². The molecule has 1 aliphatic heterocycles. The van der Waals surface area contributed by atoms with Gasteiger partial charge in [-0.1, -0.05) is 12.1 Å². The fourth-order valence-electron chi connectivity index (χ4n) is 4.65. The van der Waals surface area contributed by atoms with Gasteiger partial charge in [-0.25, -0.2) is 9.07 Å². The van der Waals surface area contributed by atoms with Gasteiger partial charge in [0.25, 0.3) is 5.91 Å². The van der Waals surface area contributed by atoms with Crippen molar-refractivity contribution in [2.75, 3.05) is 0 Å². The maximum absolute atomic E-state index is 15.2. The van der Waals surface area contributed by atoms with Crippen molar-refractivity contribution in [3.63, 3.8) is 0 Å². The van der Waals surface area contributed by atoms with Crippen molar-refractivity contribution >= 4 is 5.91 Å². The molecule has 0 saturated heterocycles. The average molecular weight is 505 g/mol. The van der Waals surface area contributed by atoms with E-state index in [-0.39, 0.29) is 18.1 Å². The first-order chi connectivity index (χ1) is 17.6. The number of alkyl halides is 3. The van der Waals surface area contributed by atoms with Crippen LogP contribution in [0.5, 0.6) is 0 Å². The van der Waals surface area contributed by atoms with Gasteiger partial charge in [-0.15, -0.1) is 0 Å². The predicted molar refractivity (Wildman–Crippen MR) is 126 cm³/mol. The van der Waals surface area contributed by atoms with Crippen LogP contribution in [0.25, 0.3) is 16.8 Å². The van der Waals surface area contributed by atoms with Gasteiger partial charge in [-0.05, 0) is 55.8 Å². The number of amides is 1. The third-order valence-electron chi connectivity index (χ3n) is 6.42. The fraction of sp³-hybridized carbons (Fsp3) is 0.185. The van der Waals surface area contributed by atoms with Crippen LogP contribution in [-0.2, 0) is 19.3 Å². The summed E-state index contributed by atoms with van der Waals surface area (Å²) in [5.74, 6) is -0.723. The molecule has 2 aromatic carbocycles. The monoisotopic (exact) mass is 505 g/mol. The van der Waals surface area contributed by atoms with Gasteiger partial charge in [0.2, 0.25) is 0 Å². The number of halogens is 4. The number of aromatic nitrogens is 3. The highest BCUT2D eigenvalue weighted by atomic mass is 19.4. The molecule has 0 atom stereocenters. The van der Waals surface area contributed by atoms with Crippen LogP contribution in [0.3, 0.4) is 0 Å². The van der Waals surface area contributed by atoms with Crippen LogP contribution in [0.2, 0.25) is 0 Å². The number of hydrogen-bond acceptors (Lipinski definition) is 4. The van der Waals surface area contributed by atoms with Crippen molar-refractivity contribution in [3.05, 3.63) is 99.9 Å². The van der Waals surface area contributed by atoms with Crippen molar-refractivity contribution in [1.82, 2.24) is 19.7 Å². The van der Waals surface area contributed by atoms with E-state index in [4.69, 9.17) is 5.26 Å². The molecule has 0 spiro atoms. The summed E-state index contributed by atoms with van der Waals surface area (Å²) in [6.07, 6.45) is -3.09. The molecule has 0 fully saturated rings. The topological polar surface area (TPSA) is 74.8 Å². The number of nitriles is 1. The summed E-state index contributed by atoms with van der Waals surface area (Å²) >= 11 is 0. The molecule has 186 valence electrons. The Morgan fingerprint density at radius 2 is 1.89 bits per heavy atom. The van der Waals surface area contributed by atoms with Gasteiger partial charge in [0.1, 0.15) is 5.82 Å². The highest BCUT2D eigenvalue weighted by Crippen LogP contribution is 2.35. The van der Waals surface area contributed by atoms with Crippen LogP contribution < -0.4 is 0 Å². The summed E-state index contributed by atoms with van der Waals surface area (Å²) in [7, 11) is 0. The number of benzene rings is 2. The van der Waals surface area contributed by atoms with Crippen molar-refractivity contribution in [3.8, 4) is 22.9 Å². The first kappa shape index (κ1) is 24.2. The number of carbonyl (C=O) groups excluding carboxylic acids is 1. The SMILES string of the molecule is Cc1nn(-c2ccc(C#N)c(C(F)(F)F)c2)c(C)c1-c1ccc(CN2Cc3ncccc3C2=O)c(F)c1. The first-order valence-electron chi connectivity index (χ1n) is 11.3. The minimum atomic E-state index is -4.70. The Labute approximate surface area is 209 Å². The van der Waals surface area contributed by atoms with E-state index in [1.807, 2.05) is 0 Å². The summed E-state index contributed by atoms with van der Waals surface area (Å²) < 4.78 is 56.9. The van der Waals surface area contributed by atoms with Gasteiger partial charge >= 0.3 is 6.18 Å². The Kier molecular flexibility index (Phi) is 5.79. The molecule has 6 nitrogen and oxygen atoms in total. The van der Waals surface area contributed by atoms with Gasteiger partial charge < -0.3 is 4.90 Å². The lowest BCUT2D eigenvalue weighted by atomic mass is 10.0. The van der Waals surface area contributed by atoms with Crippen molar-refractivity contribution in [2.24, 2.45) is 0 Å². The second-order valence-electron chi connectivity index (χ2n) is 8.76. The fourth-order valence-corrected chi connectivity index (χ4v) is 4.65. The molecule has 0 bridgehead atoms. The van der Waals surface area contributed by atoms with E-state index in [2.05, 4.69) is 10.1 Å². The highest BCUT2D eigenvalue weighted by molar-refractivity contribution is 5.97. The van der Waals surface area contributed by atoms with E-state index >= 15 is 4.39 Å². The number of carbonyl (C=O) groups is 1. The number of hydrogen-bond donors (Lipinski definition) is 0. The van der Waals surface area contributed by atoms with Crippen molar-refractivity contribution < 1.29 is 22.4 Å². The highest BCUT2D eigenvalue weighted by Gasteiger charge is 2.34. The molecule has 0 radical (unpaired) electrons. The molecular weight excluding hydrogens is 486 g/mol. The van der Waals surface area contributed by atoms with Gasteiger partial charge in [0, 0.05) is 29.6 Å². The third-order valence-corrected chi connectivity index (χ3v) is 6.42. The van der Waals surface area contributed by atoms with E-state index in [1.54, 1.807) is 50.4 Å². The van der Waals surface area contributed by atoms with Gasteiger partial charge in [-0.3, -0.25) is 9.78 Å². The number of nitrogens with zero attached hydrogens (tertiary/aromatic N) is 5. The zero-order valence-electron chi connectivity index (χ0n) is 19.8. The van der Waals surface area contributed by atoms with Gasteiger partial charge in [0.05, 0.1) is 46.4 Å². The molecular formula is C27H19F4N5O. The zero-order valence-corrected chi connectivity index (χ0v) is 19.8. The van der Waals surface area contributed by atoms with E-state index in [0.29, 0.717) is 45.9 Å². The quantitative estimate of drug-likeness (QED) is 0.332. The summed E-state index contributed by atoms with van der Waals surface area (Å²) in [5.41, 5.74) is 2.19. The minimum Gasteiger partial charge on any atom is -0.328 e. The Morgan fingerprint density at radius 1 is 1.11 bits per heavy atom. The Hall–Kier alpha value is -4.52. The summed E-state index contributed by atoms with van der Waals surface area (Å²) in [6, 6.07) is 12.9. The van der Waals surface area contributed by atoms with Gasteiger partial charge in [-0.2, -0.15) is 23.5 Å². The lowest BCUT2D eigenvalue weighted by Gasteiger charge is -2.16. The molecule has 0 N–H and O–H groups in total. The van der Waals surface area contributed by atoms with E-state index in [1.165, 1.54) is 21.7 Å². The normalized spacial score (nSPS) is 13.1. The molecule has 1 amide bonds. The van der Waals surface area contributed by atoms with E-state index in [9.17, 15) is 18.0 Å². The Morgan fingerprint density at radius 3 is 2.57 bits per heavy atom. The molecule has 37 heavy (non-hydrogen) atoms. The Balaban J connectivity index is 1.46.